The Balaban J connectivity index is 1.95. The summed E-state index contributed by atoms with van der Waals surface area (Å²) >= 11 is 0. The summed E-state index contributed by atoms with van der Waals surface area (Å²) in [6.07, 6.45) is -5.18. The van der Waals surface area contributed by atoms with Crippen LogP contribution < -0.4 is 5.32 Å². The molecule has 0 radical (unpaired) electrons. The number of rotatable bonds is 5. The molecule has 1 aliphatic rings. The van der Waals surface area contributed by atoms with Gasteiger partial charge in [-0.05, 0) is 0 Å². The number of ketones is 1. The van der Waals surface area contributed by atoms with E-state index in [1.165, 1.54) is 0 Å². The van der Waals surface area contributed by atoms with Crippen LogP contribution in [0, 0.1) is 0 Å². The maximum Gasteiger partial charge on any atom is 0.176 e. The molecular weight excluding hydrogens is 278 g/mol. The summed E-state index contributed by atoms with van der Waals surface area (Å²) in [6.45, 7) is -0.645. The van der Waals surface area contributed by atoms with Crippen LogP contribution in [0.3, 0.4) is 0 Å². The maximum absolute atomic E-state index is 11.9. The van der Waals surface area contributed by atoms with Crippen LogP contribution in [0.5, 0.6) is 0 Å². The van der Waals surface area contributed by atoms with Crippen LogP contribution in [-0.2, 0) is 4.74 Å². The Kier molecular flexibility index (Phi) is 5.40. The van der Waals surface area contributed by atoms with E-state index in [-0.39, 0.29) is 12.3 Å². The first-order chi connectivity index (χ1) is 10.0. The third-order valence-electron chi connectivity index (χ3n) is 3.49. The molecule has 0 bridgehead atoms. The molecule has 0 spiro atoms. The monoisotopic (exact) mass is 297 g/mol. The van der Waals surface area contributed by atoms with Crippen molar-refractivity contribution in [1.82, 2.24) is 5.32 Å². The average Bonchev–Trinajstić information content (AvgIpc) is 2.51. The van der Waals surface area contributed by atoms with Gasteiger partial charge in [0, 0.05) is 5.56 Å². The number of hydrogen-bond donors (Lipinski definition) is 5. The van der Waals surface area contributed by atoms with Crippen LogP contribution in [0.15, 0.2) is 30.3 Å². The molecule has 7 heteroatoms. The van der Waals surface area contributed by atoms with E-state index in [0.717, 1.165) is 0 Å². The number of Topliss-reactive ketones (excluding diaryl/α,β-unsaturated/α-hetero) is 1. The molecule has 1 saturated heterocycles. The van der Waals surface area contributed by atoms with E-state index in [1.807, 2.05) is 0 Å². The van der Waals surface area contributed by atoms with Crippen molar-refractivity contribution in [3.63, 3.8) is 0 Å². The van der Waals surface area contributed by atoms with Crippen molar-refractivity contribution >= 4 is 5.78 Å². The SMILES string of the molecule is O=C(CNC1[C@H](O)OC(CO)[C@H](O)[C@@H]1O)c1ccccc1. The lowest BCUT2D eigenvalue weighted by Gasteiger charge is -2.40. The van der Waals surface area contributed by atoms with Gasteiger partial charge in [0.25, 0.3) is 0 Å². The minimum Gasteiger partial charge on any atom is -0.394 e. The van der Waals surface area contributed by atoms with E-state index in [4.69, 9.17) is 9.84 Å². The third kappa shape index (κ3) is 3.65. The molecule has 116 valence electrons. The quantitative estimate of drug-likeness (QED) is 0.409. The summed E-state index contributed by atoms with van der Waals surface area (Å²) in [4.78, 5) is 11.9. The zero-order valence-corrected chi connectivity index (χ0v) is 11.3. The number of carbonyl (C=O) groups excluding carboxylic acids is 1. The second-order valence-corrected chi connectivity index (χ2v) is 4.92. The summed E-state index contributed by atoms with van der Waals surface area (Å²) in [5, 5.41) is 41.1. The number of ether oxygens (including phenoxy) is 1. The van der Waals surface area contributed by atoms with Crippen LogP contribution in [0.2, 0.25) is 0 Å². The van der Waals surface area contributed by atoms with Gasteiger partial charge in [-0.3, -0.25) is 10.1 Å². The van der Waals surface area contributed by atoms with E-state index in [0.29, 0.717) is 5.56 Å². The number of aliphatic hydroxyl groups excluding tert-OH is 4. The van der Waals surface area contributed by atoms with Gasteiger partial charge in [0.15, 0.2) is 12.1 Å². The van der Waals surface area contributed by atoms with Crippen LogP contribution >= 0.6 is 0 Å². The summed E-state index contributed by atoms with van der Waals surface area (Å²) < 4.78 is 4.99. The topological polar surface area (TPSA) is 119 Å². The molecule has 7 nitrogen and oxygen atoms in total. The normalized spacial score (nSPS) is 32.9. The molecule has 21 heavy (non-hydrogen) atoms. The highest BCUT2D eigenvalue weighted by atomic mass is 16.6. The van der Waals surface area contributed by atoms with Gasteiger partial charge in [0.05, 0.1) is 19.2 Å². The third-order valence-corrected chi connectivity index (χ3v) is 3.49. The molecule has 2 unspecified atom stereocenters. The van der Waals surface area contributed by atoms with Crippen molar-refractivity contribution in [3.05, 3.63) is 35.9 Å². The molecule has 0 aliphatic carbocycles. The van der Waals surface area contributed by atoms with Crippen LogP contribution in [0.1, 0.15) is 10.4 Å². The lowest BCUT2D eigenvalue weighted by Crippen LogP contribution is -2.63. The Labute approximate surface area is 121 Å². The number of benzene rings is 1. The first kappa shape index (κ1) is 16.0. The molecule has 2 rings (SSSR count). The Morgan fingerprint density at radius 2 is 1.81 bits per heavy atom. The van der Waals surface area contributed by atoms with Crippen LogP contribution in [-0.4, -0.2) is 70.0 Å². The molecule has 1 aliphatic heterocycles. The van der Waals surface area contributed by atoms with Crippen molar-refractivity contribution in [2.45, 2.75) is 30.6 Å². The highest BCUT2D eigenvalue weighted by Gasteiger charge is 2.43. The molecule has 0 aromatic heterocycles. The van der Waals surface area contributed by atoms with E-state index in [2.05, 4.69) is 5.32 Å². The predicted octanol–water partition coefficient (Wildman–Crippen LogP) is -1.74. The van der Waals surface area contributed by atoms with E-state index >= 15 is 0 Å². The Hall–Kier alpha value is -1.35. The van der Waals surface area contributed by atoms with Crippen LogP contribution in [0.25, 0.3) is 0 Å². The molecular formula is C14H19NO6. The standard InChI is InChI=1S/C14H19NO6/c16-7-10-12(18)13(19)11(14(20)21-10)15-6-9(17)8-4-2-1-3-5-8/h1-5,10-16,18-20H,6-7H2/t10?,11?,12-,13+,14+/m0/s1. The summed E-state index contributed by atoms with van der Waals surface area (Å²) in [6, 6.07) is 7.55. The Morgan fingerprint density at radius 3 is 2.43 bits per heavy atom. The second-order valence-electron chi connectivity index (χ2n) is 4.92. The molecule has 5 atom stereocenters. The first-order valence-electron chi connectivity index (χ1n) is 6.66. The first-order valence-corrected chi connectivity index (χ1v) is 6.66. The predicted molar refractivity (Wildman–Crippen MR) is 72.5 cm³/mol. The molecule has 5 N–H and O–H groups in total. The minimum absolute atomic E-state index is 0.122. The van der Waals surface area contributed by atoms with Crippen LogP contribution in [0.4, 0.5) is 0 Å². The van der Waals surface area contributed by atoms with Gasteiger partial charge in [-0.1, -0.05) is 30.3 Å². The fourth-order valence-electron chi connectivity index (χ4n) is 2.25. The Morgan fingerprint density at radius 1 is 1.14 bits per heavy atom. The molecule has 1 fully saturated rings. The maximum atomic E-state index is 11.9. The minimum atomic E-state index is -1.43. The van der Waals surface area contributed by atoms with Crippen molar-refractivity contribution in [2.75, 3.05) is 13.2 Å². The molecule has 1 aromatic carbocycles. The van der Waals surface area contributed by atoms with Gasteiger partial charge in [0.1, 0.15) is 18.3 Å². The van der Waals surface area contributed by atoms with Gasteiger partial charge in [0.2, 0.25) is 0 Å². The second kappa shape index (κ2) is 7.08. The molecule has 1 heterocycles. The smallest absolute Gasteiger partial charge is 0.176 e. The summed E-state index contributed by atoms with van der Waals surface area (Å²) in [5.41, 5.74) is 0.500. The number of hydrogen-bond acceptors (Lipinski definition) is 7. The van der Waals surface area contributed by atoms with E-state index < -0.39 is 37.3 Å². The largest absolute Gasteiger partial charge is 0.394 e. The lowest BCUT2D eigenvalue weighted by molar-refractivity contribution is -0.254. The van der Waals surface area contributed by atoms with Gasteiger partial charge in [-0.2, -0.15) is 0 Å². The zero-order chi connectivity index (χ0) is 15.4. The fraction of sp³-hybridized carbons (Fsp3) is 0.500. The average molecular weight is 297 g/mol. The van der Waals surface area contributed by atoms with Gasteiger partial charge < -0.3 is 25.2 Å². The fourth-order valence-corrected chi connectivity index (χ4v) is 2.25. The van der Waals surface area contributed by atoms with Crippen molar-refractivity contribution in [1.29, 1.82) is 0 Å². The number of carbonyl (C=O) groups is 1. The number of nitrogens with one attached hydrogen (secondary N) is 1. The van der Waals surface area contributed by atoms with E-state index in [1.54, 1.807) is 30.3 Å². The van der Waals surface area contributed by atoms with Gasteiger partial charge in [-0.25, -0.2) is 0 Å². The highest BCUT2D eigenvalue weighted by Crippen LogP contribution is 2.19. The van der Waals surface area contributed by atoms with E-state index in [9.17, 15) is 20.1 Å². The lowest BCUT2D eigenvalue weighted by atomic mass is 9.97. The molecule has 1 aromatic rings. The van der Waals surface area contributed by atoms with Gasteiger partial charge >= 0.3 is 0 Å². The van der Waals surface area contributed by atoms with Crippen molar-refractivity contribution in [3.8, 4) is 0 Å². The summed E-state index contributed by atoms with van der Waals surface area (Å²) in [5.74, 6) is -0.214. The van der Waals surface area contributed by atoms with Crippen molar-refractivity contribution < 1.29 is 30.0 Å². The molecule has 0 saturated carbocycles. The number of aliphatic hydroxyl groups is 4. The van der Waals surface area contributed by atoms with Gasteiger partial charge in [-0.15, -0.1) is 0 Å². The molecule has 0 amide bonds. The zero-order valence-electron chi connectivity index (χ0n) is 11.3. The summed E-state index contributed by atoms with van der Waals surface area (Å²) in [7, 11) is 0. The van der Waals surface area contributed by atoms with Crippen molar-refractivity contribution in [2.24, 2.45) is 0 Å². The highest BCUT2D eigenvalue weighted by molar-refractivity contribution is 5.97. The Bertz CT molecular complexity index is 468.